The summed E-state index contributed by atoms with van der Waals surface area (Å²) in [5.41, 5.74) is -0.353. The van der Waals surface area contributed by atoms with Crippen molar-refractivity contribution >= 4 is 17.6 Å². The van der Waals surface area contributed by atoms with Crippen molar-refractivity contribution in [1.29, 1.82) is 0 Å². The zero-order chi connectivity index (χ0) is 11.4. The maximum absolute atomic E-state index is 13.2. The number of rotatable bonds is 2. The lowest BCUT2D eigenvalue weighted by Crippen LogP contribution is -2.10. The van der Waals surface area contributed by atoms with Crippen molar-refractivity contribution in [3.8, 4) is 12.3 Å². The number of terminal acetylenes is 1. The van der Waals surface area contributed by atoms with Crippen LogP contribution in [-0.2, 0) is 4.79 Å². The highest BCUT2D eigenvalue weighted by atomic mass is 19.1. The summed E-state index contributed by atoms with van der Waals surface area (Å²) in [6.45, 7) is 0. The zero-order valence-electron chi connectivity index (χ0n) is 7.45. The highest BCUT2D eigenvalue weighted by Crippen LogP contribution is 2.15. The van der Waals surface area contributed by atoms with Gasteiger partial charge in [0, 0.05) is 0 Å². The van der Waals surface area contributed by atoms with Gasteiger partial charge < -0.3 is 10.4 Å². The molecule has 0 aliphatic heterocycles. The maximum atomic E-state index is 13.2. The lowest BCUT2D eigenvalue weighted by Gasteiger charge is -2.03. The van der Waals surface area contributed by atoms with Crippen molar-refractivity contribution in [2.45, 2.75) is 0 Å². The largest absolute Gasteiger partial charge is 0.478 e. The van der Waals surface area contributed by atoms with Crippen LogP contribution in [0.15, 0.2) is 18.2 Å². The summed E-state index contributed by atoms with van der Waals surface area (Å²) in [6.07, 6.45) is 4.77. The van der Waals surface area contributed by atoms with Crippen LogP contribution in [0, 0.1) is 18.2 Å². The Morgan fingerprint density at radius 3 is 2.60 bits per heavy atom. The van der Waals surface area contributed by atoms with E-state index in [0.29, 0.717) is 0 Å². The Balaban J connectivity index is 2.99. The van der Waals surface area contributed by atoms with Crippen molar-refractivity contribution in [2.24, 2.45) is 0 Å². The van der Waals surface area contributed by atoms with Gasteiger partial charge in [0.1, 0.15) is 5.82 Å². The smallest absolute Gasteiger partial charge is 0.335 e. The van der Waals surface area contributed by atoms with Crippen molar-refractivity contribution in [3.05, 3.63) is 29.6 Å². The van der Waals surface area contributed by atoms with Crippen LogP contribution >= 0.6 is 0 Å². The molecule has 0 bridgehead atoms. The highest BCUT2D eigenvalue weighted by molar-refractivity contribution is 6.03. The zero-order valence-corrected chi connectivity index (χ0v) is 7.45. The number of benzene rings is 1. The van der Waals surface area contributed by atoms with Crippen molar-refractivity contribution in [3.63, 3.8) is 0 Å². The second kappa shape index (κ2) is 4.24. The molecule has 0 unspecified atom stereocenters. The van der Waals surface area contributed by atoms with Gasteiger partial charge in [0.25, 0.3) is 5.91 Å². The second-order valence-electron chi connectivity index (χ2n) is 2.60. The molecule has 1 aromatic carbocycles. The quantitative estimate of drug-likeness (QED) is 0.713. The molecule has 5 heteroatoms. The molecule has 1 aromatic rings. The summed E-state index contributed by atoms with van der Waals surface area (Å²) in [5, 5.41) is 10.6. The molecule has 1 amide bonds. The third kappa shape index (κ3) is 2.54. The Morgan fingerprint density at radius 1 is 1.47 bits per heavy atom. The Kier molecular flexibility index (Phi) is 3.03. The van der Waals surface area contributed by atoms with E-state index in [9.17, 15) is 14.0 Å². The molecule has 1 rings (SSSR count). The summed E-state index contributed by atoms with van der Waals surface area (Å²) in [7, 11) is 0. The van der Waals surface area contributed by atoms with Crippen LogP contribution in [0.25, 0.3) is 0 Å². The molecule has 4 nitrogen and oxygen atoms in total. The number of carbonyl (C=O) groups is 2. The first-order chi connectivity index (χ1) is 7.04. The van der Waals surface area contributed by atoms with Crippen LogP contribution in [0.4, 0.5) is 10.1 Å². The van der Waals surface area contributed by atoms with Crippen molar-refractivity contribution in [2.75, 3.05) is 5.32 Å². The van der Waals surface area contributed by atoms with Crippen LogP contribution in [0.5, 0.6) is 0 Å². The summed E-state index contributed by atoms with van der Waals surface area (Å²) in [5.74, 6) is -1.14. The summed E-state index contributed by atoms with van der Waals surface area (Å²) >= 11 is 0. The molecule has 0 aromatic heterocycles. The topological polar surface area (TPSA) is 66.4 Å². The van der Waals surface area contributed by atoms with Gasteiger partial charge in [0.2, 0.25) is 0 Å². The number of hydrogen-bond donors (Lipinski definition) is 2. The van der Waals surface area contributed by atoms with Gasteiger partial charge in [-0.15, -0.1) is 6.42 Å². The average molecular weight is 207 g/mol. The normalized spacial score (nSPS) is 9.07. The van der Waals surface area contributed by atoms with Gasteiger partial charge in [-0.2, -0.15) is 0 Å². The molecular formula is C10H6FNO3. The number of halogens is 1. The molecule has 0 saturated carbocycles. The highest BCUT2D eigenvalue weighted by Gasteiger charge is 2.09. The molecule has 2 N–H and O–H groups in total. The van der Waals surface area contributed by atoms with Gasteiger partial charge in [-0.3, -0.25) is 4.79 Å². The van der Waals surface area contributed by atoms with Crippen LogP contribution in [0.3, 0.4) is 0 Å². The predicted molar refractivity (Wildman–Crippen MR) is 50.8 cm³/mol. The molecule has 0 heterocycles. The number of anilines is 1. The minimum absolute atomic E-state index is 0.150. The van der Waals surface area contributed by atoms with Crippen LogP contribution in [-0.4, -0.2) is 17.0 Å². The lowest BCUT2D eigenvalue weighted by atomic mass is 10.2. The average Bonchev–Trinajstić information content (AvgIpc) is 2.20. The third-order valence-corrected chi connectivity index (χ3v) is 1.60. The molecule has 0 radical (unpaired) electrons. The van der Waals surface area contributed by atoms with Gasteiger partial charge in [0.05, 0.1) is 11.3 Å². The number of carboxylic acids is 1. The SMILES string of the molecule is C#CC(=O)Nc1ccc(C(=O)O)cc1F. The van der Waals surface area contributed by atoms with E-state index in [0.717, 1.165) is 18.2 Å². The van der Waals surface area contributed by atoms with E-state index in [-0.39, 0.29) is 11.3 Å². The van der Waals surface area contributed by atoms with Gasteiger partial charge in [-0.1, -0.05) is 0 Å². The molecule has 0 spiro atoms. The molecule has 0 aliphatic carbocycles. The number of carboxylic acid groups (broad SMARTS) is 1. The number of carbonyl (C=O) groups excluding carboxylic acids is 1. The Hall–Kier alpha value is -2.35. The van der Waals surface area contributed by atoms with Gasteiger partial charge in [0.15, 0.2) is 0 Å². The molecular weight excluding hydrogens is 201 g/mol. The molecule has 0 aliphatic rings. The number of hydrogen-bond acceptors (Lipinski definition) is 2. The van der Waals surface area contributed by atoms with E-state index in [1.165, 1.54) is 0 Å². The van der Waals surface area contributed by atoms with E-state index < -0.39 is 17.7 Å². The molecule has 0 atom stereocenters. The van der Waals surface area contributed by atoms with Gasteiger partial charge in [-0.05, 0) is 24.1 Å². The first-order valence-electron chi connectivity index (χ1n) is 3.85. The Bertz CT molecular complexity index is 462. The predicted octanol–water partition coefficient (Wildman–Crippen LogP) is 1.10. The molecule has 76 valence electrons. The monoisotopic (exact) mass is 207 g/mol. The van der Waals surface area contributed by atoms with Crippen LogP contribution in [0.1, 0.15) is 10.4 Å². The standard InChI is InChI=1S/C10H6FNO3/c1-2-9(13)12-8-4-3-6(10(14)15)5-7(8)11/h1,3-5H,(H,12,13)(H,14,15). The summed E-state index contributed by atoms with van der Waals surface area (Å²) in [6, 6.07) is 3.10. The van der Waals surface area contributed by atoms with Crippen LogP contribution < -0.4 is 5.32 Å². The number of aromatic carboxylic acids is 1. The van der Waals surface area contributed by atoms with E-state index in [4.69, 9.17) is 11.5 Å². The number of nitrogens with one attached hydrogen (secondary N) is 1. The fourth-order valence-electron chi connectivity index (χ4n) is 0.908. The van der Waals surface area contributed by atoms with Crippen molar-refractivity contribution in [1.82, 2.24) is 0 Å². The fourth-order valence-corrected chi connectivity index (χ4v) is 0.908. The summed E-state index contributed by atoms with van der Waals surface area (Å²) < 4.78 is 13.2. The van der Waals surface area contributed by atoms with E-state index in [1.54, 1.807) is 5.92 Å². The van der Waals surface area contributed by atoms with Gasteiger partial charge in [-0.25, -0.2) is 9.18 Å². The first kappa shape index (κ1) is 10.7. The van der Waals surface area contributed by atoms with Crippen LogP contribution in [0.2, 0.25) is 0 Å². The first-order valence-corrected chi connectivity index (χ1v) is 3.85. The molecule has 15 heavy (non-hydrogen) atoms. The van der Waals surface area contributed by atoms with Crippen molar-refractivity contribution < 1.29 is 19.1 Å². The Morgan fingerprint density at radius 2 is 2.13 bits per heavy atom. The molecule has 0 saturated heterocycles. The van der Waals surface area contributed by atoms with Gasteiger partial charge >= 0.3 is 5.97 Å². The maximum Gasteiger partial charge on any atom is 0.335 e. The van der Waals surface area contributed by atoms with E-state index in [2.05, 4.69) is 5.32 Å². The minimum Gasteiger partial charge on any atom is -0.478 e. The third-order valence-electron chi connectivity index (χ3n) is 1.60. The van der Waals surface area contributed by atoms with E-state index in [1.807, 2.05) is 0 Å². The Labute approximate surface area is 84.7 Å². The minimum atomic E-state index is -1.25. The second-order valence-corrected chi connectivity index (χ2v) is 2.60. The fraction of sp³-hybridized carbons (Fsp3) is 0. The lowest BCUT2D eigenvalue weighted by molar-refractivity contribution is -0.111. The molecule has 0 fully saturated rings. The summed E-state index contributed by atoms with van der Waals surface area (Å²) in [4.78, 5) is 21.2. The number of amides is 1. The van der Waals surface area contributed by atoms with E-state index >= 15 is 0 Å².